The molecule has 8 heteroatoms. The SMILES string of the molecule is CN1CCC(Nc2cccc(C(=O)O)c2[N+](=O)[O-])C1=O. The van der Waals surface area contributed by atoms with E-state index in [1.54, 1.807) is 7.05 Å². The largest absolute Gasteiger partial charge is 0.477 e. The number of amides is 1. The maximum Gasteiger partial charge on any atom is 0.342 e. The van der Waals surface area contributed by atoms with Crippen molar-refractivity contribution in [3.63, 3.8) is 0 Å². The molecule has 0 aromatic heterocycles. The third-order valence-corrected chi connectivity index (χ3v) is 3.21. The lowest BCUT2D eigenvalue weighted by Gasteiger charge is -2.14. The van der Waals surface area contributed by atoms with Gasteiger partial charge in [0.25, 0.3) is 0 Å². The Bertz CT molecular complexity index is 586. The quantitative estimate of drug-likeness (QED) is 0.626. The average molecular weight is 279 g/mol. The van der Waals surface area contributed by atoms with Crippen LogP contribution in [-0.2, 0) is 4.79 Å². The standard InChI is InChI=1S/C12H13N3O5/c1-14-6-5-9(11(14)16)13-8-4-2-3-7(12(17)18)10(8)15(19)20/h2-4,9,13H,5-6H2,1H3,(H,17,18). The highest BCUT2D eigenvalue weighted by Crippen LogP contribution is 2.30. The molecule has 1 unspecified atom stereocenters. The molecule has 0 aliphatic carbocycles. The monoisotopic (exact) mass is 279 g/mol. The third kappa shape index (κ3) is 2.40. The predicted molar refractivity (Wildman–Crippen MR) is 69.7 cm³/mol. The number of para-hydroxylation sites is 1. The molecule has 1 aromatic rings. The minimum atomic E-state index is -1.38. The minimum Gasteiger partial charge on any atom is -0.477 e. The number of rotatable bonds is 4. The van der Waals surface area contributed by atoms with Gasteiger partial charge in [-0.2, -0.15) is 0 Å². The van der Waals surface area contributed by atoms with Crippen molar-refractivity contribution in [2.45, 2.75) is 12.5 Å². The van der Waals surface area contributed by atoms with Gasteiger partial charge in [-0.25, -0.2) is 4.79 Å². The number of likely N-dealkylation sites (tertiary alicyclic amines) is 1. The van der Waals surface area contributed by atoms with E-state index in [0.29, 0.717) is 13.0 Å². The van der Waals surface area contributed by atoms with Crippen LogP contribution in [0.4, 0.5) is 11.4 Å². The number of carboxylic acids is 1. The molecule has 1 fully saturated rings. The number of hydrogen-bond acceptors (Lipinski definition) is 5. The zero-order chi connectivity index (χ0) is 14.9. The summed E-state index contributed by atoms with van der Waals surface area (Å²) >= 11 is 0. The summed E-state index contributed by atoms with van der Waals surface area (Å²) in [6.07, 6.45) is 0.518. The molecule has 1 aromatic carbocycles. The fourth-order valence-electron chi connectivity index (χ4n) is 2.17. The van der Waals surface area contributed by atoms with Crippen LogP contribution in [0.1, 0.15) is 16.8 Å². The third-order valence-electron chi connectivity index (χ3n) is 3.21. The van der Waals surface area contributed by atoms with Gasteiger partial charge in [-0.3, -0.25) is 14.9 Å². The molecule has 106 valence electrons. The number of aromatic carboxylic acids is 1. The van der Waals surface area contributed by atoms with Crippen molar-refractivity contribution in [3.05, 3.63) is 33.9 Å². The van der Waals surface area contributed by atoms with Gasteiger partial charge in [0.05, 0.1) is 4.92 Å². The highest BCUT2D eigenvalue weighted by Gasteiger charge is 2.32. The van der Waals surface area contributed by atoms with E-state index in [1.165, 1.54) is 17.0 Å². The Morgan fingerprint density at radius 2 is 2.25 bits per heavy atom. The highest BCUT2D eigenvalue weighted by atomic mass is 16.6. The fourth-order valence-corrected chi connectivity index (χ4v) is 2.17. The summed E-state index contributed by atoms with van der Waals surface area (Å²) in [4.78, 5) is 34.6. The molecule has 1 saturated heterocycles. The highest BCUT2D eigenvalue weighted by molar-refractivity contribution is 5.96. The number of carboxylic acid groups (broad SMARTS) is 1. The molecule has 2 rings (SSSR count). The van der Waals surface area contributed by atoms with E-state index in [1.807, 2.05) is 0 Å². The van der Waals surface area contributed by atoms with E-state index < -0.39 is 28.2 Å². The fraction of sp³-hybridized carbons (Fsp3) is 0.333. The molecule has 0 bridgehead atoms. The second-order valence-corrected chi connectivity index (χ2v) is 4.51. The van der Waals surface area contributed by atoms with Gasteiger partial charge in [0.15, 0.2) is 0 Å². The Morgan fingerprint density at radius 3 is 2.75 bits per heavy atom. The Labute approximate surface area is 114 Å². The van der Waals surface area contributed by atoms with Gasteiger partial charge in [-0.15, -0.1) is 0 Å². The van der Waals surface area contributed by atoms with Crippen molar-refractivity contribution in [2.75, 3.05) is 18.9 Å². The first-order chi connectivity index (χ1) is 9.41. The van der Waals surface area contributed by atoms with Gasteiger partial charge in [-0.1, -0.05) is 6.07 Å². The first kappa shape index (κ1) is 13.8. The topological polar surface area (TPSA) is 113 Å². The van der Waals surface area contributed by atoms with E-state index in [0.717, 1.165) is 6.07 Å². The summed E-state index contributed by atoms with van der Waals surface area (Å²) in [7, 11) is 1.64. The maximum atomic E-state index is 11.8. The summed E-state index contributed by atoms with van der Waals surface area (Å²) in [5.74, 6) is -1.55. The zero-order valence-electron chi connectivity index (χ0n) is 10.7. The van der Waals surface area contributed by atoms with E-state index >= 15 is 0 Å². The number of nitro benzene ring substituents is 1. The zero-order valence-corrected chi connectivity index (χ0v) is 10.7. The molecule has 20 heavy (non-hydrogen) atoms. The lowest BCUT2D eigenvalue weighted by atomic mass is 10.1. The summed E-state index contributed by atoms with van der Waals surface area (Å²) < 4.78 is 0. The Kier molecular flexibility index (Phi) is 3.55. The van der Waals surface area contributed by atoms with Crippen LogP contribution in [0.15, 0.2) is 18.2 Å². The maximum absolute atomic E-state index is 11.8. The number of carbonyl (C=O) groups is 2. The number of nitro groups is 1. The molecule has 1 heterocycles. The molecule has 2 N–H and O–H groups in total. The van der Waals surface area contributed by atoms with Crippen LogP contribution in [0, 0.1) is 10.1 Å². The molecular formula is C12H13N3O5. The Morgan fingerprint density at radius 1 is 1.55 bits per heavy atom. The van der Waals surface area contributed by atoms with Crippen molar-refractivity contribution in [3.8, 4) is 0 Å². The number of nitrogens with zero attached hydrogens (tertiary/aromatic N) is 2. The van der Waals surface area contributed by atoms with E-state index in [2.05, 4.69) is 5.32 Å². The molecule has 0 saturated carbocycles. The predicted octanol–water partition coefficient (Wildman–Crippen LogP) is 0.936. The number of benzene rings is 1. The summed E-state index contributed by atoms with van der Waals surface area (Å²) in [5.41, 5.74) is -0.885. The van der Waals surface area contributed by atoms with Gasteiger partial charge >= 0.3 is 11.7 Å². The second kappa shape index (κ2) is 5.16. The van der Waals surface area contributed by atoms with Crippen molar-refractivity contribution >= 4 is 23.3 Å². The van der Waals surface area contributed by atoms with Crippen molar-refractivity contribution < 1.29 is 19.6 Å². The van der Waals surface area contributed by atoms with Crippen LogP contribution in [-0.4, -0.2) is 46.4 Å². The van der Waals surface area contributed by atoms with Gasteiger partial charge in [0.2, 0.25) is 5.91 Å². The van der Waals surface area contributed by atoms with Crippen LogP contribution in [0.25, 0.3) is 0 Å². The van der Waals surface area contributed by atoms with E-state index in [4.69, 9.17) is 5.11 Å². The van der Waals surface area contributed by atoms with Crippen LogP contribution in [0.3, 0.4) is 0 Å². The van der Waals surface area contributed by atoms with Gasteiger partial charge in [-0.05, 0) is 18.6 Å². The molecule has 1 atom stereocenters. The number of carbonyl (C=O) groups excluding carboxylic acids is 1. The van der Waals surface area contributed by atoms with E-state index in [9.17, 15) is 19.7 Å². The van der Waals surface area contributed by atoms with Crippen molar-refractivity contribution in [1.29, 1.82) is 0 Å². The lowest BCUT2D eigenvalue weighted by molar-refractivity contribution is -0.384. The van der Waals surface area contributed by atoms with Crippen LogP contribution >= 0.6 is 0 Å². The Hall–Kier alpha value is -2.64. The minimum absolute atomic E-state index is 0.0450. The number of nitrogens with one attached hydrogen (secondary N) is 1. The molecular weight excluding hydrogens is 266 g/mol. The molecule has 1 aliphatic rings. The van der Waals surface area contributed by atoms with Crippen LogP contribution in [0.2, 0.25) is 0 Å². The van der Waals surface area contributed by atoms with Crippen molar-refractivity contribution in [2.24, 2.45) is 0 Å². The molecule has 0 radical (unpaired) electrons. The summed E-state index contributed by atoms with van der Waals surface area (Å²) in [6, 6.07) is 3.40. The lowest BCUT2D eigenvalue weighted by Crippen LogP contribution is -2.31. The van der Waals surface area contributed by atoms with E-state index in [-0.39, 0.29) is 11.6 Å². The summed E-state index contributed by atoms with van der Waals surface area (Å²) in [6.45, 7) is 0.558. The normalized spacial score (nSPS) is 18.1. The van der Waals surface area contributed by atoms with Gasteiger partial charge in [0.1, 0.15) is 17.3 Å². The number of likely N-dealkylation sites (N-methyl/N-ethyl adjacent to an activating group) is 1. The van der Waals surface area contributed by atoms with Crippen molar-refractivity contribution in [1.82, 2.24) is 4.90 Å². The smallest absolute Gasteiger partial charge is 0.342 e. The second-order valence-electron chi connectivity index (χ2n) is 4.51. The van der Waals surface area contributed by atoms with Gasteiger partial charge < -0.3 is 15.3 Å². The van der Waals surface area contributed by atoms with Crippen LogP contribution < -0.4 is 5.32 Å². The molecule has 0 spiro atoms. The Balaban J connectivity index is 2.37. The molecule has 1 aliphatic heterocycles. The first-order valence-electron chi connectivity index (χ1n) is 5.94. The number of anilines is 1. The molecule has 8 nitrogen and oxygen atoms in total. The average Bonchev–Trinajstić information content (AvgIpc) is 2.70. The number of hydrogen-bond donors (Lipinski definition) is 2. The summed E-state index contributed by atoms with van der Waals surface area (Å²) in [5, 5.41) is 22.8. The van der Waals surface area contributed by atoms with Gasteiger partial charge in [0, 0.05) is 13.6 Å². The first-order valence-corrected chi connectivity index (χ1v) is 5.94. The molecule has 1 amide bonds. The van der Waals surface area contributed by atoms with Crippen LogP contribution in [0.5, 0.6) is 0 Å².